The first-order valence-electron chi connectivity index (χ1n) is 10.9. The Labute approximate surface area is 220 Å². The summed E-state index contributed by atoms with van der Waals surface area (Å²) >= 11 is 24.5. The fourth-order valence-electron chi connectivity index (χ4n) is 5.34. The number of ether oxygens (including phenoxy) is 1. The van der Waals surface area contributed by atoms with Gasteiger partial charge in [-0.2, -0.15) is 0 Å². The lowest BCUT2D eigenvalue weighted by atomic mass is 9.80. The maximum atomic E-state index is 13.1. The Morgan fingerprint density at radius 1 is 0.914 bits per heavy atom. The SMILES string of the molecule is O=C(COC(=O)c1ccc(N2C(=O)[C@@H]3[C@H]4C[C@@H]([C@H](Cl)[C@@H]4Cl)[C@@H]3C2=O)cc1)Nc1ccc(Cl)c(Cl)c1. The van der Waals surface area contributed by atoms with Gasteiger partial charge in [0.15, 0.2) is 6.61 Å². The number of amides is 3. The smallest absolute Gasteiger partial charge is 0.338 e. The number of carbonyl (C=O) groups excluding carboxylic acids is 4. The lowest BCUT2D eigenvalue weighted by Crippen LogP contribution is -2.37. The van der Waals surface area contributed by atoms with Gasteiger partial charge >= 0.3 is 5.97 Å². The molecule has 6 atom stereocenters. The molecule has 2 aromatic rings. The van der Waals surface area contributed by atoms with Crippen molar-refractivity contribution in [2.45, 2.75) is 17.2 Å². The number of anilines is 2. The number of halogens is 4. The highest BCUT2D eigenvalue weighted by Crippen LogP contribution is 2.59. The number of alkyl halides is 2. The number of fused-ring (bicyclic) bond motifs is 5. The lowest BCUT2D eigenvalue weighted by Gasteiger charge is -2.28. The lowest BCUT2D eigenvalue weighted by molar-refractivity contribution is -0.123. The van der Waals surface area contributed by atoms with Crippen LogP contribution in [-0.4, -0.2) is 41.1 Å². The number of nitrogens with zero attached hydrogens (tertiary/aromatic N) is 1. The van der Waals surface area contributed by atoms with Crippen molar-refractivity contribution in [3.63, 3.8) is 0 Å². The van der Waals surface area contributed by atoms with Crippen LogP contribution in [0.3, 0.4) is 0 Å². The minimum absolute atomic E-state index is 0.111. The van der Waals surface area contributed by atoms with Gasteiger partial charge in [-0.1, -0.05) is 23.2 Å². The molecule has 0 unspecified atom stereocenters. The molecule has 0 radical (unpaired) electrons. The summed E-state index contributed by atoms with van der Waals surface area (Å²) in [6, 6.07) is 10.4. The van der Waals surface area contributed by atoms with Gasteiger partial charge in [0.1, 0.15) is 0 Å². The summed E-state index contributed by atoms with van der Waals surface area (Å²) in [6.07, 6.45) is 0.687. The molecule has 2 aliphatic carbocycles. The van der Waals surface area contributed by atoms with E-state index in [9.17, 15) is 19.2 Å². The van der Waals surface area contributed by atoms with Gasteiger partial charge in [-0.25, -0.2) is 4.79 Å². The van der Waals surface area contributed by atoms with Crippen LogP contribution in [0.25, 0.3) is 0 Å². The summed E-state index contributed by atoms with van der Waals surface area (Å²) in [5, 5.41) is 2.52. The summed E-state index contributed by atoms with van der Waals surface area (Å²) in [4.78, 5) is 51.8. The zero-order chi connectivity index (χ0) is 25.0. The normalized spacial score (nSPS) is 28.9. The van der Waals surface area contributed by atoms with E-state index in [1.54, 1.807) is 6.07 Å². The summed E-state index contributed by atoms with van der Waals surface area (Å²) in [7, 11) is 0. The van der Waals surface area contributed by atoms with Gasteiger partial charge in [0.2, 0.25) is 11.8 Å². The molecule has 1 saturated heterocycles. The first-order valence-corrected chi connectivity index (χ1v) is 12.5. The Kier molecular flexibility index (Phi) is 6.46. The second-order valence-corrected chi connectivity index (χ2v) is 10.6. The Morgan fingerprint density at radius 3 is 2.09 bits per heavy atom. The van der Waals surface area contributed by atoms with Crippen molar-refractivity contribution in [2.75, 3.05) is 16.8 Å². The zero-order valence-corrected chi connectivity index (χ0v) is 20.9. The third kappa shape index (κ3) is 4.18. The molecule has 1 aliphatic heterocycles. The number of rotatable bonds is 5. The van der Waals surface area contributed by atoms with E-state index in [1.807, 2.05) is 0 Å². The second kappa shape index (κ2) is 9.28. The van der Waals surface area contributed by atoms with Crippen molar-refractivity contribution in [1.29, 1.82) is 0 Å². The molecular weight excluding hydrogens is 538 g/mol. The molecule has 3 aliphatic rings. The van der Waals surface area contributed by atoms with Gasteiger partial charge < -0.3 is 10.1 Å². The maximum Gasteiger partial charge on any atom is 0.338 e. The number of hydrogen-bond donors (Lipinski definition) is 1. The Morgan fingerprint density at radius 2 is 1.51 bits per heavy atom. The largest absolute Gasteiger partial charge is 0.452 e. The van der Waals surface area contributed by atoms with Crippen LogP contribution >= 0.6 is 46.4 Å². The molecule has 3 amide bonds. The predicted octanol–water partition coefficient (Wildman–Crippen LogP) is 4.76. The molecule has 2 aromatic carbocycles. The third-order valence-corrected chi connectivity index (χ3v) is 8.94. The van der Waals surface area contributed by atoms with Crippen molar-refractivity contribution < 1.29 is 23.9 Å². The van der Waals surface area contributed by atoms with E-state index in [4.69, 9.17) is 51.1 Å². The number of carbonyl (C=O) groups is 4. The van der Waals surface area contributed by atoms with E-state index in [1.165, 1.54) is 36.4 Å². The van der Waals surface area contributed by atoms with Crippen LogP contribution in [0.15, 0.2) is 42.5 Å². The van der Waals surface area contributed by atoms with Crippen LogP contribution in [0.1, 0.15) is 16.8 Å². The standard InChI is InChI=1S/C24H18Cl4N2O5/c25-15-6-3-11(7-16(15)26)29-17(31)9-35-24(34)10-1-4-12(5-2-10)30-22(32)18-13-8-14(19(18)23(30)33)21(28)20(13)27/h1-7,13-14,18-21H,8-9H2,(H,29,31)/t13-,14-,18-,19+,20-,21+/m1/s1. The van der Waals surface area contributed by atoms with Crippen molar-refractivity contribution >= 4 is 81.5 Å². The van der Waals surface area contributed by atoms with Crippen LogP contribution in [0, 0.1) is 23.7 Å². The zero-order valence-electron chi connectivity index (χ0n) is 17.9. The van der Waals surface area contributed by atoms with Gasteiger partial charge in [0.25, 0.3) is 5.91 Å². The third-order valence-electron chi connectivity index (χ3n) is 6.89. The summed E-state index contributed by atoms with van der Waals surface area (Å²) < 4.78 is 5.06. The van der Waals surface area contributed by atoms with Crippen molar-refractivity contribution in [1.82, 2.24) is 0 Å². The first kappa shape index (κ1) is 24.4. The van der Waals surface area contributed by atoms with Crippen LogP contribution < -0.4 is 10.2 Å². The van der Waals surface area contributed by atoms with Crippen LogP contribution in [0.4, 0.5) is 11.4 Å². The number of benzene rings is 2. The molecule has 182 valence electrons. The van der Waals surface area contributed by atoms with E-state index in [0.717, 1.165) is 4.90 Å². The summed E-state index contributed by atoms with van der Waals surface area (Å²) in [6.45, 7) is -0.519. The van der Waals surface area contributed by atoms with Gasteiger partial charge in [-0.3, -0.25) is 19.3 Å². The summed E-state index contributed by atoms with van der Waals surface area (Å²) in [5.41, 5.74) is 0.931. The van der Waals surface area contributed by atoms with E-state index in [0.29, 0.717) is 22.8 Å². The molecule has 11 heteroatoms. The number of imide groups is 1. The van der Waals surface area contributed by atoms with Crippen LogP contribution in [0.2, 0.25) is 10.0 Å². The highest BCUT2D eigenvalue weighted by atomic mass is 35.5. The molecule has 3 fully saturated rings. The molecule has 0 aromatic heterocycles. The minimum Gasteiger partial charge on any atom is -0.452 e. The fourth-order valence-corrected chi connectivity index (χ4v) is 6.53. The molecule has 7 nitrogen and oxygen atoms in total. The Bertz CT molecular complexity index is 1200. The second-order valence-electron chi connectivity index (χ2n) is 8.82. The number of hydrogen-bond acceptors (Lipinski definition) is 5. The molecule has 1 N–H and O–H groups in total. The molecule has 0 spiro atoms. The molecule has 2 saturated carbocycles. The molecule has 35 heavy (non-hydrogen) atoms. The van der Waals surface area contributed by atoms with Crippen molar-refractivity contribution in [2.24, 2.45) is 23.7 Å². The van der Waals surface area contributed by atoms with Crippen LogP contribution in [-0.2, 0) is 19.1 Å². The average Bonchev–Trinajstić information content (AvgIpc) is 3.45. The highest BCUT2D eigenvalue weighted by Gasteiger charge is 2.66. The van der Waals surface area contributed by atoms with Crippen molar-refractivity contribution in [3.8, 4) is 0 Å². The van der Waals surface area contributed by atoms with Gasteiger partial charge in [-0.05, 0) is 60.7 Å². The van der Waals surface area contributed by atoms with Gasteiger partial charge in [0.05, 0.1) is 43.9 Å². The van der Waals surface area contributed by atoms with E-state index >= 15 is 0 Å². The van der Waals surface area contributed by atoms with Gasteiger partial charge in [-0.15, -0.1) is 23.2 Å². The van der Waals surface area contributed by atoms with Crippen LogP contribution in [0.5, 0.6) is 0 Å². The van der Waals surface area contributed by atoms with Crippen molar-refractivity contribution in [3.05, 3.63) is 58.1 Å². The van der Waals surface area contributed by atoms with E-state index < -0.39 is 30.3 Å². The maximum absolute atomic E-state index is 13.1. The van der Waals surface area contributed by atoms with E-state index in [2.05, 4.69) is 5.32 Å². The predicted molar refractivity (Wildman–Crippen MR) is 132 cm³/mol. The molecule has 5 rings (SSSR count). The monoisotopic (exact) mass is 554 g/mol. The molecule has 2 bridgehead atoms. The number of nitrogens with one attached hydrogen (secondary N) is 1. The fraction of sp³-hybridized carbons (Fsp3) is 0.333. The summed E-state index contributed by atoms with van der Waals surface area (Å²) in [5.74, 6) is -2.98. The molecular formula is C24H18Cl4N2O5. The molecule has 1 heterocycles. The van der Waals surface area contributed by atoms with Gasteiger partial charge in [0, 0.05) is 5.69 Å². The average molecular weight is 556 g/mol. The Balaban J connectivity index is 1.21. The topological polar surface area (TPSA) is 92.8 Å². The first-order chi connectivity index (χ1) is 16.7. The Hall–Kier alpha value is -2.32. The number of esters is 1. The quantitative estimate of drug-likeness (QED) is 0.326. The van der Waals surface area contributed by atoms with E-state index in [-0.39, 0.29) is 45.0 Å². The highest BCUT2D eigenvalue weighted by molar-refractivity contribution is 6.42. The minimum atomic E-state index is -0.732.